The number of aryl methyl sites for hydroxylation is 1. The van der Waals surface area contributed by atoms with E-state index >= 15 is 0 Å². The maximum absolute atomic E-state index is 12.4. The third-order valence-electron chi connectivity index (χ3n) is 1.70. The van der Waals surface area contributed by atoms with Crippen LogP contribution in [0.3, 0.4) is 0 Å². The summed E-state index contributed by atoms with van der Waals surface area (Å²) in [6.45, 7) is 1.63. The zero-order valence-corrected chi connectivity index (χ0v) is 7.50. The number of carbonyl (C=O) groups is 1. The molecule has 3 nitrogen and oxygen atoms in total. The highest BCUT2D eigenvalue weighted by molar-refractivity contribution is 5.70. The molecule has 1 N–H and O–H groups in total. The lowest BCUT2D eigenvalue weighted by Crippen LogP contribution is -2.07. The summed E-state index contributed by atoms with van der Waals surface area (Å²) in [6.07, 6.45) is -3.15. The molecule has 1 heterocycles. The molecule has 0 radical (unpaired) electrons. The van der Waals surface area contributed by atoms with Crippen molar-refractivity contribution in [3.8, 4) is 0 Å². The highest BCUT2D eigenvalue weighted by Crippen LogP contribution is 2.22. The molecule has 0 bridgehead atoms. The Balaban J connectivity index is 3.09. The Hall–Kier alpha value is -1.52. The molecule has 0 aliphatic carbocycles. The van der Waals surface area contributed by atoms with Crippen molar-refractivity contribution in [1.82, 2.24) is 4.98 Å². The fourth-order valence-electron chi connectivity index (χ4n) is 1.10. The number of hydrogen-bond acceptors (Lipinski definition) is 2. The van der Waals surface area contributed by atoms with Crippen LogP contribution < -0.4 is 0 Å². The van der Waals surface area contributed by atoms with Gasteiger partial charge in [-0.1, -0.05) is 0 Å². The lowest BCUT2D eigenvalue weighted by molar-refractivity contribution is -0.136. The lowest BCUT2D eigenvalue weighted by atomic mass is 10.1. The third kappa shape index (κ3) is 2.48. The summed E-state index contributed by atoms with van der Waals surface area (Å²) in [5.41, 5.74) is 0.163. The van der Waals surface area contributed by atoms with Crippen LogP contribution in [0.25, 0.3) is 0 Å². The van der Waals surface area contributed by atoms with Crippen LogP contribution in [0, 0.1) is 6.92 Å². The maximum Gasteiger partial charge on any atom is 0.309 e. The minimum absolute atomic E-state index is 0.0625. The molecule has 0 fully saturated rings. The van der Waals surface area contributed by atoms with Crippen LogP contribution in [0.1, 0.15) is 23.4 Å². The number of alkyl halides is 2. The van der Waals surface area contributed by atoms with Gasteiger partial charge in [-0.25, -0.2) is 8.78 Å². The van der Waals surface area contributed by atoms with Crippen molar-refractivity contribution >= 4 is 5.97 Å². The number of aromatic nitrogens is 1. The topological polar surface area (TPSA) is 50.2 Å². The second-order valence-electron chi connectivity index (χ2n) is 2.86. The average Bonchev–Trinajstić information content (AvgIpc) is 2.01. The summed E-state index contributed by atoms with van der Waals surface area (Å²) >= 11 is 0. The number of hydrogen-bond donors (Lipinski definition) is 1. The molecule has 0 unspecified atom stereocenters. The van der Waals surface area contributed by atoms with Crippen molar-refractivity contribution in [1.29, 1.82) is 0 Å². The number of carboxylic acid groups (broad SMARTS) is 1. The van der Waals surface area contributed by atoms with Crippen molar-refractivity contribution in [3.63, 3.8) is 0 Å². The van der Waals surface area contributed by atoms with Crippen LogP contribution in [0.15, 0.2) is 12.1 Å². The van der Waals surface area contributed by atoms with Crippen molar-refractivity contribution in [2.45, 2.75) is 19.8 Å². The molecule has 76 valence electrons. The first kappa shape index (κ1) is 10.6. The smallest absolute Gasteiger partial charge is 0.309 e. The summed E-state index contributed by atoms with van der Waals surface area (Å²) in [5.74, 6) is -1.16. The van der Waals surface area contributed by atoms with Gasteiger partial charge in [-0.15, -0.1) is 0 Å². The first-order valence-corrected chi connectivity index (χ1v) is 3.97. The largest absolute Gasteiger partial charge is 0.481 e. The Morgan fingerprint density at radius 3 is 2.71 bits per heavy atom. The van der Waals surface area contributed by atoms with E-state index in [1.165, 1.54) is 12.1 Å². The molecule has 0 saturated carbocycles. The van der Waals surface area contributed by atoms with Crippen LogP contribution in [-0.4, -0.2) is 16.1 Å². The number of aliphatic carboxylic acids is 1. The van der Waals surface area contributed by atoms with E-state index in [0.717, 1.165) is 0 Å². The minimum atomic E-state index is -2.68. The molecule has 0 aliphatic rings. The Labute approximate surface area is 79.4 Å². The zero-order valence-electron chi connectivity index (χ0n) is 7.50. The summed E-state index contributed by atoms with van der Waals surface area (Å²) in [7, 11) is 0. The first-order chi connectivity index (χ1) is 6.50. The molecule has 0 atom stereocenters. The molecule has 0 amide bonds. The van der Waals surface area contributed by atoms with E-state index in [-0.39, 0.29) is 11.3 Å². The fraction of sp³-hybridized carbons (Fsp3) is 0.333. The predicted octanol–water partition coefficient (Wildman–Crippen LogP) is 1.95. The molecule has 0 saturated heterocycles. The average molecular weight is 201 g/mol. The Kier molecular flexibility index (Phi) is 3.11. The SMILES string of the molecule is Cc1ccc(C(F)F)c(CC(=O)O)n1. The van der Waals surface area contributed by atoms with E-state index in [1.54, 1.807) is 6.92 Å². The minimum Gasteiger partial charge on any atom is -0.481 e. The highest BCUT2D eigenvalue weighted by atomic mass is 19.3. The standard InChI is InChI=1S/C9H9F2NO2/c1-5-2-3-6(9(10)11)7(12-5)4-8(13)14/h2-3,9H,4H2,1H3,(H,13,14). The van der Waals surface area contributed by atoms with E-state index in [0.29, 0.717) is 5.69 Å². The van der Waals surface area contributed by atoms with E-state index in [9.17, 15) is 13.6 Å². The van der Waals surface area contributed by atoms with Crippen molar-refractivity contribution < 1.29 is 18.7 Å². The van der Waals surface area contributed by atoms with Gasteiger partial charge in [-0.2, -0.15) is 0 Å². The van der Waals surface area contributed by atoms with Gasteiger partial charge >= 0.3 is 5.97 Å². The molecule has 5 heteroatoms. The van der Waals surface area contributed by atoms with Gasteiger partial charge < -0.3 is 5.11 Å². The van der Waals surface area contributed by atoms with Gasteiger partial charge in [0.25, 0.3) is 6.43 Å². The normalized spacial score (nSPS) is 10.6. The zero-order chi connectivity index (χ0) is 10.7. The van der Waals surface area contributed by atoms with Gasteiger partial charge in [0.05, 0.1) is 12.1 Å². The molecular formula is C9H9F2NO2. The molecule has 0 aliphatic heterocycles. The molecule has 0 spiro atoms. The number of rotatable bonds is 3. The summed E-state index contributed by atoms with van der Waals surface area (Å²) in [6, 6.07) is 2.65. The third-order valence-corrected chi connectivity index (χ3v) is 1.70. The molecular weight excluding hydrogens is 192 g/mol. The van der Waals surface area contributed by atoms with Crippen molar-refractivity contribution in [3.05, 3.63) is 29.1 Å². The predicted molar refractivity (Wildman–Crippen MR) is 45.3 cm³/mol. The Morgan fingerprint density at radius 1 is 1.57 bits per heavy atom. The number of carboxylic acids is 1. The second-order valence-corrected chi connectivity index (χ2v) is 2.86. The van der Waals surface area contributed by atoms with Gasteiger partial charge in [0.2, 0.25) is 0 Å². The molecule has 1 aromatic heterocycles. The van der Waals surface area contributed by atoms with Crippen LogP contribution in [0.5, 0.6) is 0 Å². The number of pyridine rings is 1. The number of halogens is 2. The van der Waals surface area contributed by atoms with E-state index in [2.05, 4.69) is 4.98 Å². The van der Waals surface area contributed by atoms with Gasteiger partial charge in [-0.05, 0) is 19.1 Å². The van der Waals surface area contributed by atoms with E-state index in [1.807, 2.05) is 0 Å². The van der Waals surface area contributed by atoms with Gasteiger partial charge in [0, 0.05) is 11.3 Å². The summed E-state index contributed by atoms with van der Waals surface area (Å²) < 4.78 is 24.8. The van der Waals surface area contributed by atoms with E-state index < -0.39 is 18.8 Å². The number of nitrogens with zero attached hydrogens (tertiary/aromatic N) is 1. The van der Waals surface area contributed by atoms with Crippen LogP contribution in [-0.2, 0) is 11.2 Å². The summed E-state index contributed by atoms with van der Waals surface area (Å²) in [5, 5.41) is 8.48. The monoisotopic (exact) mass is 201 g/mol. The van der Waals surface area contributed by atoms with Gasteiger partial charge in [0.15, 0.2) is 0 Å². The lowest BCUT2D eigenvalue weighted by Gasteiger charge is -2.06. The summed E-state index contributed by atoms with van der Waals surface area (Å²) in [4.78, 5) is 14.1. The molecule has 1 rings (SSSR count). The fourth-order valence-corrected chi connectivity index (χ4v) is 1.10. The van der Waals surface area contributed by atoms with Gasteiger partial charge in [0.1, 0.15) is 0 Å². The molecule has 1 aromatic rings. The highest BCUT2D eigenvalue weighted by Gasteiger charge is 2.16. The van der Waals surface area contributed by atoms with Crippen LogP contribution in [0.4, 0.5) is 8.78 Å². The molecule has 14 heavy (non-hydrogen) atoms. The Morgan fingerprint density at radius 2 is 2.21 bits per heavy atom. The van der Waals surface area contributed by atoms with Crippen LogP contribution >= 0.6 is 0 Å². The van der Waals surface area contributed by atoms with Gasteiger partial charge in [-0.3, -0.25) is 9.78 Å². The first-order valence-electron chi connectivity index (χ1n) is 3.97. The van der Waals surface area contributed by atoms with E-state index in [4.69, 9.17) is 5.11 Å². The van der Waals surface area contributed by atoms with Crippen molar-refractivity contribution in [2.24, 2.45) is 0 Å². The van der Waals surface area contributed by atoms with Crippen molar-refractivity contribution in [2.75, 3.05) is 0 Å². The second kappa shape index (κ2) is 4.13. The van der Waals surface area contributed by atoms with Crippen LogP contribution in [0.2, 0.25) is 0 Å². The molecule has 0 aromatic carbocycles. The Bertz CT molecular complexity index is 353. The quantitative estimate of drug-likeness (QED) is 0.813. The maximum atomic E-state index is 12.4.